The monoisotopic (exact) mass is 388 g/mol. The van der Waals surface area contributed by atoms with E-state index in [2.05, 4.69) is 13.8 Å². The molecular formula is C12H12Cl3O6P. The van der Waals surface area contributed by atoms with Crippen molar-refractivity contribution in [2.45, 2.75) is 0 Å². The number of hydrogen-bond acceptors (Lipinski definition) is 6. The summed E-state index contributed by atoms with van der Waals surface area (Å²) in [4.78, 5) is 11.6. The normalized spacial score (nSPS) is 12.6. The van der Waals surface area contributed by atoms with E-state index >= 15 is 0 Å². The average Bonchev–Trinajstić information content (AvgIpc) is 2.53. The predicted octanol–water partition coefficient (Wildman–Crippen LogP) is 4.49. The number of methoxy groups -OCH3 is 1. The van der Waals surface area contributed by atoms with E-state index in [0.717, 1.165) is 21.3 Å². The van der Waals surface area contributed by atoms with Crippen LogP contribution in [0.1, 0.15) is 5.56 Å². The summed E-state index contributed by atoms with van der Waals surface area (Å²) in [6, 6.07) is 4.35. The lowest BCUT2D eigenvalue weighted by molar-refractivity contribution is -0.135. The number of benzene rings is 1. The third-order valence-electron chi connectivity index (χ3n) is 2.39. The van der Waals surface area contributed by atoms with E-state index in [1.165, 1.54) is 18.2 Å². The molecule has 22 heavy (non-hydrogen) atoms. The molecule has 0 radical (unpaired) electrons. The van der Waals surface area contributed by atoms with Gasteiger partial charge in [0.1, 0.15) is 0 Å². The zero-order chi connectivity index (χ0) is 16.9. The second-order valence-electron chi connectivity index (χ2n) is 3.66. The molecule has 0 aliphatic carbocycles. The van der Waals surface area contributed by atoms with E-state index in [4.69, 9.17) is 39.3 Å². The molecule has 0 aromatic heterocycles. The molecule has 0 heterocycles. The Hall–Kier alpha value is -0.750. The van der Waals surface area contributed by atoms with Crippen molar-refractivity contribution >= 4 is 54.4 Å². The number of hydrogen-bond donors (Lipinski definition) is 0. The second kappa shape index (κ2) is 8.20. The molecule has 1 rings (SSSR count). The summed E-state index contributed by atoms with van der Waals surface area (Å²) in [6.07, 6.45) is 0. The van der Waals surface area contributed by atoms with Gasteiger partial charge in [0.2, 0.25) is 0 Å². The first-order valence-corrected chi connectivity index (χ1v) is 8.22. The zero-order valence-corrected chi connectivity index (χ0v) is 14.9. The molecule has 0 saturated carbocycles. The van der Waals surface area contributed by atoms with Crippen LogP contribution in [0.25, 0.3) is 5.76 Å². The van der Waals surface area contributed by atoms with E-state index in [9.17, 15) is 9.36 Å². The van der Waals surface area contributed by atoms with E-state index in [0.29, 0.717) is 5.02 Å². The summed E-state index contributed by atoms with van der Waals surface area (Å²) in [7, 11) is -0.665. The standard InChI is InChI=1S/C12H12Cl3O6P/c1-18-12(16)10(15)11(21-22(17,19-2)20-3)8-6-7(13)4-5-9(8)14/h4-6H,1-3H3. The maximum Gasteiger partial charge on any atom is 0.529 e. The van der Waals surface area contributed by atoms with Crippen molar-refractivity contribution in [3.05, 3.63) is 38.8 Å². The number of phosphoric acid groups is 1. The molecule has 0 aliphatic heterocycles. The Morgan fingerprint density at radius 2 is 1.73 bits per heavy atom. The lowest BCUT2D eigenvalue weighted by Crippen LogP contribution is -2.06. The van der Waals surface area contributed by atoms with Crippen LogP contribution in [0.15, 0.2) is 23.2 Å². The van der Waals surface area contributed by atoms with Crippen LogP contribution in [0.5, 0.6) is 0 Å². The van der Waals surface area contributed by atoms with Crippen molar-refractivity contribution in [2.75, 3.05) is 21.3 Å². The zero-order valence-electron chi connectivity index (χ0n) is 11.8. The fraction of sp³-hybridized carbons (Fsp3) is 0.250. The molecule has 0 aliphatic rings. The largest absolute Gasteiger partial charge is 0.529 e. The highest BCUT2D eigenvalue weighted by Gasteiger charge is 2.31. The van der Waals surface area contributed by atoms with Crippen LogP contribution in [0.2, 0.25) is 10.0 Å². The Labute approximate surface area is 142 Å². The molecule has 0 unspecified atom stereocenters. The number of carbonyl (C=O) groups is 1. The van der Waals surface area contributed by atoms with Gasteiger partial charge in [0, 0.05) is 24.8 Å². The molecular weight excluding hydrogens is 377 g/mol. The van der Waals surface area contributed by atoms with E-state index < -0.39 is 18.8 Å². The number of rotatable bonds is 6. The Kier molecular flexibility index (Phi) is 7.19. The Morgan fingerprint density at radius 3 is 2.23 bits per heavy atom. The van der Waals surface area contributed by atoms with E-state index in [1.54, 1.807) is 0 Å². The van der Waals surface area contributed by atoms with Crippen LogP contribution >= 0.6 is 42.6 Å². The molecule has 0 spiro atoms. The van der Waals surface area contributed by atoms with Gasteiger partial charge in [-0.15, -0.1) is 0 Å². The summed E-state index contributed by atoms with van der Waals surface area (Å²) in [5.41, 5.74) is 0.124. The number of carbonyl (C=O) groups excluding carboxylic acids is 1. The predicted molar refractivity (Wildman–Crippen MR) is 84.0 cm³/mol. The first-order chi connectivity index (χ1) is 10.3. The van der Waals surface area contributed by atoms with Crippen molar-refractivity contribution in [2.24, 2.45) is 0 Å². The highest BCUT2D eigenvalue weighted by atomic mass is 35.5. The van der Waals surface area contributed by atoms with Gasteiger partial charge in [-0.25, -0.2) is 9.36 Å². The highest BCUT2D eigenvalue weighted by molar-refractivity contribution is 7.48. The third kappa shape index (κ3) is 4.62. The molecule has 0 atom stereocenters. The smallest absolute Gasteiger partial charge is 0.465 e. The Morgan fingerprint density at radius 1 is 1.14 bits per heavy atom. The summed E-state index contributed by atoms with van der Waals surface area (Å²) >= 11 is 17.9. The molecule has 0 N–H and O–H groups in total. The third-order valence-corrected chi connectivity index (χ3v) is 4.58. The van der Waals surface area contributed by atoms with Crippen LogP contribution < -0.4 is 0 Å². The van der Waals surface area contributed by atoms with Crippen LogP contribution in [0, 0.1) is 0 Å². The van der Waals surface area contributed by atoms with Crippen LogP contribution in [0.3, 0.4) is 0 Å². The lowest BCUT2D eigenvalue weighted by Gasteiger charge is -2.18. The van der Waals surface area contributed by atoms with Crippen LogP contribution in [-0.4, -0.2) is 27.3 Å². The van der Waals surface area contributed by atoms with Gasteiger partial charge in [0.15, 0.2) is 10.8 Å². The van der Waals surface area contributed by atoms with Gasteiger partial charge in [0.05, 0.1) is 12.1 Å². The maximum absolute atomic E-state index is 12.2. The minimum atomic E-state index is -3.99. The van der Waals surface area contributed by atoms with Crippen LogP contribution in [-0.2, 0) is 27.7 Å². The molecule has 1 aromatic rings. The second-order valence-corrected chi connectivity index (χ2v) is 6.69. The van der Waals surface area contributed by atoms with Gasteiger partial charge in [-0.05, 0) is 18.2 Å². The summed E-state index contributed by atoms with van der Waals surface area (Å²) < 4.78 is 31.2. The molecule has 1 aromatic carbocycles. The molecule has 0 amide bonds. The maximum atomic E-state index is 12.2. The molecule has 0 saturated heterocycles. The Balaban J connectivity index is 3.51. The van der Waals surface area contributed by atoms with Crippen molar-refractivity contribution in [1.29, 1.82) is 0 Å². The fourth-order valence-corrected chi connectivity index (χ4v) is 2.68. The molecule has 0 bridgehead atoms. The lowest BCUT2D eigenvalue weighted by atomic mass is 10.2. The van der Waals surface area contributed by atoms with Gasteiger partial charge in [0.25, 0.3) is 0 Å². The molecule has 0 fully saturated rings. The van der Waals surface area contributed by atoms with Gasteiger partial charge in [-0.1, -0.05) is 34.8 Å². The Bertz CT molecular complexity index is 638. The quantitative estimate of drug-likeness (QED) is 0.309. The first-order valence-electron chi connectivity index (χ1n) is 5.62. The number of esters is 1. The SMILES string of the molecule is COC(=O)C(Cl)=C(OP(=O)(OC)OC)c1cc(Cl)ccc1Cl. The molecule has 122 valence electrons. The van der Waals surface area contributed by atoms with Gasteiger partial charge < -0.3 is 9.26 Å². The number of ether oxygens (including phenoxy) is 1. The summed E-state index contributed by atoms with van der Waals surface area (Å²) in [5, 5.41) is -0.0549. The minimum absolute atomic E-state index is 0.124. The van der Waals surface area contributed by atoms with E-state index in [1.807, 2.05) is 0 Å². The molecule has 10 heteroatoms. The van der Waals surface area contributed by atoms with Gasteiger partial charge >= 0.3 is 13.8 Å². The topological polar surface area (TPSA) is 71.1 Å². The van der Waals surface area contributed by atoms with Crippen LogP contribution in [0.4, 0.5) is 0 Å². The number of halogens is 3. The fourth-order valence-electron chi connectivity index (χ4n) is 1.32. The summed E-state index contributed by atoms with van der Waals surface area (Å²) in [6.45, 7) is 0. The number of phosphoric ester groups is 1. The molecule has 6 nitrogen and oxygen atoms in total. The van der Waals surface area contributed by atoms with E-state index in [-0.39, 0.29) is 16.3 Å². The average molecular weight is 390 g/mol. The first kappa shape index (κ1) is 19.3. The summed E-state index contributed by atoms with van der Waals surface area (Å²) in [5.74, 6) is -1.26. The van der Waals surface area contributed by atoms with Crippen molar-refractivity contribution < 1.29 is 27.7 Å². The van der Waals surface area contributed by atoms with Gasteiger partial charge in [-0.2, -0.15) is 0 Å². The van der Waals surface area contributed by atoms with Crippen molar-refractivity contribution in [1.82, 2.24) is 0 Å². The minimum Gasteiger partial charge on any atom is -0.465 e. The van der Waals surface area contributed by atoms with Gasteiger partial charge in [-0.3, -0.25) is 9.05 Å². The van der Waals surface area contributed by atoms with Crippen molar-refractivity contribution in [3.63, 3.8) is 0 Å². The van der Waals surface area contributed by atoms with Crippen molar-refractivity contribution in [3.8, 4) is 0 Å². The highest BCUT2D eigenvalue weighted by Crippen LogP contribution is 2.53.